The highest BCUT2D eigenvalue weighted by molar-refractivity contribution is 8.12. The Bertz CT molecular complexity index is 1030. The average Bonchev–Trinajstić information content (AvgIpc) is 3.41. The second-order valence-corrected chi connectivity index (χ2v) is 7.16. The summed E-state index contributed by atoms with van der Waals surface area (Å²) < 4.78 is 40.9. The standard InChI is InChI=1S/C18H15F3N4OS/c1-22-12-5-4-11(6-13(12)27-9-26)17-16(10-2-3-10)24-15-7-23-14(8-25(15)17)18(19,20)21/h4-10,22H,2-3H2,1H3. The molecule has 1 aliphatic rings. The molecule has 3 aromatic rings. The summed E-state index contributed by atoms with van der Waals surface area (Å²) in [6.45, 7) is 0. The first-order valence-corrected chi connectivity index (χ1v) is 9.18. The highest BCUT2D eigenvalue weighted by Gasteiger charge is 2.35. The molecule has 0 saturated heterocycles. The Morgan fingerprint density at radius 1 is 1.33 bits per heavy atom. The maximum absolute atomic E-state index is 13.1. The van der Waals surface area contributed by atoms with Gasteiger partial charge >= 0.3 is 6.18 Å². The van der Waals surface area contributed by atoms with Gasteiger partial charge in [0.15, 0.2) is 17.0 Å². The summed E-state index contributed by atoms with van der Waals surface area (Å²) in [5.41, 5.74) is 3.02. The summed E-state index contributed by atoms with van der Waals surface area (Å²) in [6, 6.07) is 5.43. The van der Waals surface area contributed by atoms with Crippen LogP contribution >= 0.6 is 11.8 Å². The lowest BCUT2D eigenvalue weighted by molar-refractivity contribution is -0.141. The molecule has 0 aliphatic heterocycles. The number of carbonyl (C=O) groups is 1. The molecule has 9 heteroatoms. The molecule has 1 N–H and O–H groups in total. The number of nitrogens with one attached hydrogen (secondary N) is 1. The minimum absolute atomic E-state index is 0.236. The van der Waals surface area contributed by atoms with Crippen LogP contribution in [0.3, 0.4) is 0 Å². The van der Waals surface area contributed by atoms with Crippen molar-refractivity contribution in [2.24, 2.45) is 0 Å². The quantitative estimate of drug-likeness (QED) is 0.507. The van der Waals surface area contributed by atoms with Gasteiger partial charge < -0.3 is 5.32 Å². The van der Waals surface area contributed by atoms with Crippen LogP contribution in [-0.4, -0.2) is 27.0 Å². The number of thioether (sulfide) groups is 1. The molecular formula is C18H15F3N4OS. The average molecular weight is 392 g/mol. The van der Waals surface area contributed by atoms with E-state index >= 15 is 0 Å². The Balaban J connectivity index is 1.95. The minimum Gasteiger partial charge on any atom is -0.387 e. The summed E-state index contributed by atoms with van der Waals surface area (Å²) in [5.74, 6) is 0.236. The van der Waals surface area contributed by atoms with Crippen molar-refractivity contribution in [3.63, 3.8) is 0 Å². The number of halogens is 3. The first-order chi connectivity index (χ1) is 12.9. The Labute approximate surface area is 157 Å². The number of anilines is 1. The highest BCUT2D eigenvalue weighted by atomic mass is 32.2. The highest BCUT2D eigenvalue weighted by Crippen LogP contribution is 2.45. The van der Waals surface area contributed by atoms with Crippen molar-refractivity contribution in [3.05, 3.63) is 42.0 Å². The predicted octanol–water partition coefficient (Wildman–Crippen LogP) is 4.62. The second kappa shape index (κ2) is 6.56. The van der Waals surface area contributed by atoms with Gasteiger partial charge in [0.25, 0.3) is 0 Å². The molecule has 4 rings (SSSR count). The third-order valence-electron chi connectivity index (χ3n) is 4.49. The van der Waals surface area contributed by atoms with Crippen molar-refractivity contribution in [2.75, 3.05) is 12.4 Å². The van der Waals surface area contributed by atoms with Gasteiger partial charge in [-0.25, -0.2) is 9.97 Å². The topological polar surface area (TPSA) is 59.3 Å². The van der Waals surface area contributed by atoms with E-state index in [0.717, 1.165) is 54.0 Å². The van der Waals surface area contributed by atoms with Crippen LogP contribution in [0.2, 0.25) is 0 Å². The van der Waals surface area contributed by atoms with Gasteiger partial charge in [0.1, 0.15) is 0 Å². The summed E-state index contributed by atoms with van der Waals surface area (Å²) >= 11 is 1.02. The number of hydrogen-bond acceptors (Lipinski definition) is 5. The summed E-state index contributed by atoms with van der Waals surface area (Å²) in [7, 11) is 1.75. The van der Waals surface area contributed by atoms with Crippen LogP contribution < -0.4 is 5.32 Å². The van der Waals surface area contributed by atoms with Gasteiger partial charge in [0.05, 0.1) is 17.6 Å². The fourth-order valence-electron chi connectivity index (χ4n) is 3.07. The van der Waals surface area contributed by atoms with Crippen molar-refractivity contribution in [2.45, 2.75) is 29.8 Å². The molecule has 0 unspecified atom stereocenters. The largest absolute Gasteiger partial charge is 0.434 e. The summed E-state index contributed by atoms with van der Waals surface area (Å²) in [4.78, 5) is 19.7. The molecule has 0 bridgehead atoms. The maximum atomic E-state index is 13.1. The van der Waals surface area contributed by atoms with Gasteiger partial charge in [-0.2, -0.15) is 13.2 Å². The number of imidazole rings is 1. The van der Waals surface area contributed by atoms with Crippen molar-refractivity contribution < 1.29 is 18.0 Å². The molecule has 27 heavy (non-hydrogen) atoms. The van der Waals surface area contributed by atoms with Crippen LogP contribution in [0.25, 0.3) is 16.9 Å². The Kier molecular flexibility index (Phi) is 4.33. The van der Waals surface area contributed by atoms with E-state index in [9.17, 15) is 18.0 Å². The first kappa shape index (κ1) is 17.8. The van der Waals surface area contributed by atoms with Gasteiger partial charge in [-0.3, -0.25) is 9.20 Å². The van der Waals surface area contributed by atoms with Crippen LogP contribution in [0.5, 0.6) is 0 Å². The summed E-state index contributed by atoms with van der Waals surface area (Å²) in [6.07, 6.45) is -0.477. The molecule has 2 heterocycles. The lowest BCUT2D eigenvalue weighted by Crippen LogP contribution is -2.09. The molecule has 140 valence electrons. The Morgan fingerprint density at radius 3 is 2.74 bits per heavy atom. The van der Waals surface area contributed by atoms with Crippen LogP contribution in [0.15, 0.2) is 35.5 Å². The van der Waals surface area contributed by atoms with Crippen LogP contribution in [-0.2, 0) is 11.0 Å². The molecule has 5 nitrogen and oxygen atoms in total. The first-order valence-electron chi connectivity index (χ1n) is 8.30. The number of aromatic nitrogens is 3. The smallest absolute Gasteiger partial charge is 0.387 e. The van der Waals surface area contributed by atoms with E-state index in [-0.39, 0.29) is 5.92 Å². The van der Waals surface area contributed by atoms with Crippen LogP contribution in [0.4, 0.5) is 18.9 Å². The van der Waals surface area contributed by atoms with Crippen molar-refractivity contribution >= 4 is 28.7 Å². The number of hydrogen-bond donors (Lipinski definition) is 1. The predicted molar refractivity (Wildman–Crippen MR) is 97.6 cm³/mol. The minimum atomic E-state index is -4.54. The SMILES string of the molecule is CNc1ccc(-c2c(C3CC3)nc3cnc(C(F)(F)F)cn23)cc1SC=O. The third kappa shape index (κ3) is 3.27. The van der Waals surface area contributed by atoms with Gasteiger partial charge in [-0.1, -0.05) is 17.8 Å². The maximum Gasteiger partial charge on any atom is 0.434 e. The molecule has 0 atom stereocenters. The monoisotopic (exact) mass is 392 g/mol. The molecule has 1 aromatic carbocycles. The molecule has 0 spiro atoms. The third-order valence-corrected chi connectivity index (χ3v) is 5.18. The Morgan fingerprint density at radius 2 is 2.11 bits per heavy atom. The molecular weight excluding hydrogens is 377 g/mol. The van der Waals surface area contributed by atoms with Gasteiger partial charge in [-0.15, -0.1) is 0 Å². The number of rotatable bonds is 5. The second-order valence-electron chi connectivity index (χ2n) is 6.29. The van der Waals surface area contributed by atoms with E-state index in [1.807, 2.05) is 12.1 Å². The van der Waals surface area contributed by atoms with Gasteiger partial charge in [-0.05, 0) is 25.0 Å². The molecule has 1 saturated carbocycles. The number of fused-ring (bicyclic) bond motifs is 1. The lowest BCUT2D eigenvalue weighted by Gasteiger charge is -2.11. The van der Waals surface area contributed by atoms with Crippen molar-refractivity contribution in [1.82, 2.24) is 14.4 Å². The molecule has 0 radical (unpaired) electrons. The number of benzene rings is 1. The van der Waals surface area contributed by atoms with Crippen molar-refractivity contribution in [3.8, 4) is 11.3 Å². The lowest BCUT2D eigenvalue weighted by atomic mass is 10.1. The van der Waals surface area contributed by atoms with Gasteiger partial charge in [0.2, 0.25) is 0 Å². The van der Waals surface area contributed by atoms with E-state index in [2.05, 4.69) is 15.3 Å². The normalized spacial score (nSPS) is 14.5. The van der Waals surface area contributed by atoms with Crippen molar-refractivity contribution in [1.29, 1.82) is 0 Å². The molecule has 0 amide bonds. The van der Waals surface area contributed by atoms with Gasteiger partial charge in [0, 0.05) is 35.3 Å². The number of alkyl halides is 3. The fraction of sp³-hybridized carbons (Fsp3) is 0.278. The van der Waals surface area contributed by atoms with E-state index in [1.54, 1.807) is 13.1 Å². The summed E-state index contributed by atoms with van der Waals surface area (Å²) in [5, 5.41) is 3.01. The zero-order chi connectivity index (χ0) is 19.2. The number of carbonyl (C=O) groups excluding carboxylic acids is 1. The zero-order valence-electron chi connectivity index (χ0n) is 14.2. The van der Waals surface area contributed by atoms with E-state index in [0.29, 0.717) is 21.8 Å². The fourth-order valence-corrected chi connectivity index (χ4v) is 3.67. The van der Waals surface area contributed by atoms with E-state index in [4.69, 9.17) is 0 Å². The molecule has 1 aliphatic carbocycles. The number of nitrogens with zero attached hydrogens (tertiary/aromatic N) is 3. The van der Waals surface area contributed by atoms with Crippen LogP contribution in [0.1, 0.15) is 30.1 Å². The van der Waals surface area contributed by atoms with Crippen LogP contribution in [0, 0.1) is 0 Å². The molecule has 2 aromatic heterocycles. The zero-order valence-corrected chi connectivity index (χ0v) is 15.1. The Hall–Kier alpha value is -2.55. The van der Waals surface area contributed by atoms with E-state index in [1.165, 1.54) is 4.40 Å². The van der Waals surface area contributed by atoms with E-state index < -0.39 is 11.9 Å². The molecule has 1 fully saturated rings.